The Morgan fingerprint density at radius 1 is 1.36 bits per heavy atom. The summed E-state index contributed by atoms with van der Waals surface area (Å²) < 4.78 is 33.7. The highest BCUT2D eigenvalue weighted by Crippen LogP contribution is 2.22. The van der Waals surface area contributed by atoms with Crippen LogP contribution in [0.3, 0.4) is 0 Å². The van der Waals surface area contributed by atoms with Crippen molar-refractivity contribution in [2.45, 2.75) is 4.90 Å². The van der Waals surface area contributed by atoms with E-state index in [1.54, 1.807) is 0 Å². The summed E-state index contributed by atoms with van der Waals surface area (Å²) >= 11 is 0. The predicted molar refractivity (Wildman–Crippen MR) is 44.5 cm³/mol. The molecule has 0 atom stereocenters. The first-order valence-corrected chi connectivity index (χ1v) is 4.83. The average Bonchev–Trinajstić information content (AvgIpc) is 2.18. The number of nitro benzene ring substituents is 1. The number of nitro groups is 1. The molecule has 0 spiro atoms. The largest absolute Gasteiger partial charge is 0.289 e. The van der Waals surface area contributed by atoms with Crippen molar-refractivity contribution in [1.82, 2.24) is 4.94 Å². The van der Waals surface area contributed by atoms with Gasteiger partial charge in [-0.1, -0.05) is 12.1 Å². The number of sulfonamides is 1. The predicted octanol–water partition coefficient (Wildman–Crippen LogP) is 0.758. The smallest absolute Gasteiger partial charge is 0.258 e. The van der Waals surface area contributed by atoms with E-state index in [4.69, 9.17) is 0 Å². The monoisotopic (exact) mass is 220 g/mol. The number of nitrogens with one attached hydrogen (secondary N) is 1. The number of hydrogen-bond acceptors (Lipinski definition) is 4. The molecule has 0 saturated heterocycles. The first kappa shape index (κ1) is 10.5. The molecule has 0 fully saturated rings. The molecule has 0 bridgehead atoms. The van der Waals surface area contributed by atoms with Gasteiger partial charge in [0.25, 0.3) is 15.7 Å². The fourth-order valence-corrected chi connectivity index (χ4v) is 1.64. The molecule has 6 nitrogen and oxygen atoms in total. The third-order valence-electron chi connectivity index (χ3n) is 1.45. The van der Waals surface area contributed by atoms with Crippen molar-refractivity contribution in [2.24, 2.45) is 0 Å². The van der Waals surface area contributed by atoms with E-state index in [0.29, 0.717) is 4.94 Å². The van der Waals surface area contributed by atoms with Crippen LogP contribution in [-0.2, 0) is 10.0 Å². The molecule has 0 saturated carbocycles. The molecule has 0 aromatic heterocycles. The van der Waals surface area contributed by atoms with Gasteiger partial charge >= 0.3 is 0 Å². The summed E-state index contributed by atoms with van der Waals surface area (Å²) in [5, 5.41) is 10.4. The van der Waals surface area contributed by atoms with Crippen molar-refractivity contribution in [3.05, 3.63) is 34.4 Å². The SMILES string of the molecule is O=[N+]([O-])c1ccccc1S(=O)(=O)NF. The molecule has 1 aromatic rings. The van der Waals surface area contributed by atoms with E-state index in [-0.39, 0.29) is 0 Å². The van der Waals surface area contributed by atoms with Gasteiger partial charge in [0.05, 0.1) is 4.92 Å². The molecule has 0 amide bonds. The number of halogens is 1. The van der Waals surface area contributed by atoms with Crippen molar-refractivity contribution >= 4 is 15.7 Å². The Balaban J connectivity index is 3.42. The summed E-state index contributed by atoms with van der Waals surface area (Å²) in [6.45, 7) is 0. The quantitative estimate of drug-likeness (QED) is 0.462. The fourth-order valence-electron chi connectivity index (χ4n) is 0.877. The fraction of sp³-hybridized carbons (Fsp3) is 0. The van der Waals surface area contributed by atoms with Gasteiger partial charge in [0.2, 0.25) is 0 Å². The zero-order valence-electron chi connectivity index (χ0n) is 6.68. The number of benzene rings is 1. The normalized spacial score (nSPS) is 11.2. The molecule has 0 radical (unpaired) electrons. The van der Waals surface area contributed by atoms with Crippen molar-refractivity contribution in [2.75, 3.05) is 0 Å². The van der Waals surface area contributed by atoms with Crippen molar-refractivity contribution in [3.8, 4) is 0 Å². The van der Waals surface area contributed by atoms with Gasteiger partial charge in [0.15, 0.2) is 4.90 Å². The zero-order chi connectivity index (χ0) is 10.8. The summed E-state index contributed by atoms with van der Waals surface area (Å²) in [4.78, 5) is 9.30. The standard InChI is InChI=1S/C6H5FN2O4S/c7-8-14(12,13)6-4-2-1-3-5(6)9(10)11/h1-4,8H. The van der Waals surface area contributed by atoms with Gasteiger partial charge in [0, 0.05) is 6.07 Å². The molecule has 8 heteroatoms. The van der Waals surface area contributed by atoms with Crippen LogP contribution in [-0.4, -0.2) is 13.3 Å². The van der Waals surface area contributed by atoms with Crippen LogP contribution in [0.25, 0.3) is 0 Å². The highest BCUT2D eigenvalue weighted by atomic mass is 32.2. The molecule has 0 aliphatic carbocycles. The van der Waals surface area contributed by atoms with Gasteiger partial charge in [-0.05, 0) is 11.0 Å². The molecular weight excluding hydrogens is 215 g/mol. The molecule has 1 aromatic carbocycles. The molecule has 0 aliphatic rings. The molecule has 0 unspecified atom stereocenters. The van der Waals surface area contributed by atoms with Crippen LogP contribution in [0.2, 0.25) is 0 Å². The summed E-state index contributed by atoms with van der Waals surface area (Å²) in [5.74, 6) is 0. The second-order valence-electron chi connectivity index (χ2n) is 2.31. The maximum absolute atomic E-state index is 11.8. The first-order chi connectivity index (χ1) is 6.49. The summed E-state index contributed by atoms with van der Waals surface area (Å²) in [5.41, 5.74) is -0.669. The third-order valence-corrected chi connectivity index (χ3v) is 2.58. The summed E-state index contributed by atoms with van der Waals surface area (Å²) in [6.07, 6.45) is 0. The Bertz CT molecular complexity index is 459. The zero-order valence-corrected chi connectivity index (χ0v) is 7.49. The van der Waals surface area contributed by atoms with Crippen LogP contribution >= 0.6 is 0 Å². The number of rotatable bonds is 3. The van der Waals surface area contributed by atoms with E-state index in [9.17, 15) is 23.0 Å². The van der Waals surface area contributed by atoms with Gasteiger partial charge in [-0.3, -0.25) is 10.1 Å². The minimum atomic E-state index is -4.43. The molecule has 1 rings (SSSR count). The summed E-state index contributed by atoms with van der Waals surface area (Å²) in [7, 11) is -4.43. The van der Waals surface area contributed by atoms with Crippen LogP contribution < -0.4 is 4.94 Å². The maximum Gasteiger partial charge on any atom is 0.289 e. The van der Waals surface area contributed by atoms with E-state index in [1.165, 1.54) is 12.1 Å². The Hall–Kier alpha value is -1.54. The van der Waals surface area contributed by atoms with Gasteiger partial charge < -0.3 is 0 Å². The Morgan fingerprint density at radius 2 is 1.93 bits per heavy atom. The Kier molecular flexibility index (Phi) is 2.77. The molecule has 76 valence electrons. The van der Waals surface area contributed by atoms with Crippen molar-refractivity contribution in [1.29, 1.82) is 0 Å². The van der Waals surface area contributed by atoms with Crippen molar-refractivity contribution < 1.29 is 17.8 Å². The van der Waals surface area contributed by atoms with E-state index in [1.807, 2.05) is 0 Å². The highest BCUT2D eigenvalue weighted by molar-refractivity contribution is 7.89. The number of para-hydroxylation sites is 1. The number of nitrogens with zero attached hydrogens (tertiary/aromatic N) is 1. The highest BCUT2D eigenvalue weighted by Gasteiger charge is 2.24. The van der Waals surface area contributed by atoms with Gasteiger partial charge in [-0.2, -0.15) is 0 Å². The third kappa shape index (κ3) is 1.86. The summed E-state index contributed by atoms with van der Waals surface area (Å²) in [6, 6.07) is 4.47. The second-order valence-corrected chi connectivity index (χ2v) is 3.91. The lowest BCUT2D eigenvalue weighted by Gasteiger charge is -2.00. The molecular formula is C6H5FN2O4S. The van der Waals surface area contributed by atoms with Crippen LogP contribution in [0, 0.1) is 10.1 Å². The van der Waals surface area contributed by atoms with Crippen LogP contribution in [0.5, 0.6) is 0 Å². The molecule has 14 heavy (non-hydrogen) atoms. The van der Waals surface area contributed by atoms with Gasteiger partial charge in [-0.15, -0.1) is 4.48 Å². The lowest BCUT2D eigenvalue weighted by Crippen LogP contribution is -2.16. The van der Waals surface area contributed by atoms with E-state index < -0.39 is 25.5 Å². The Labute approximate surface area is 78.5 Å². The topological polar surface area (TPSA) is 89.3 Å². The minimum absolute atomic E-state index is 0.521. The van der Waals surface area contributed by atoms with Crippen LogP contribution in [0.15, 0.2) is 29.2 Å². The molecule has 0 heterocycles. The van der Waals surface area contributed by atoms with E-state index in [2.05, 4.69) is 0 Å². The molecule has 1 N–H and O–H groups in total. The van der Waals surface area contributed by atoms with E-state index >= 15 is 0 Å². The molecule has 0 aliphatic heterocycles. The lowest BCUT2D eigenvalue weighted by molar-refractivity contribution is -0.387. The van der Waals surface area contributed by atoms with Crippen molar-refractivity contribution in [3.63, 3.8) is 0 Å². The second kappa shape index (κ2) is 3.68. The number of hydrogen-bond donors (Lipinski definition) is 1. The maximum atomic E-state index is 11.8. The lowest BCUT2D eigenvalue weighted by atomic mass is 10.3. The van der Waals surface area contributed by atoms with E-state index in [0.717, 1.165) is 12.1 Å². The first-order valence-electron chi connectivity index (χ1n) is 3.35. The van der Waals surface area contributed by atoms with Crippen LogP contribution in [0.4, 0.5) is 10.2 Å². The van der Waals surface area contributed by atoms with Gasteiger partial charge in [0.1, 0.15) is 0 Å². The van der Waals surface area contributed by atoms with Crippen LogP contribution in [0.1, 0.15) is 0 Å². The van der Waals surface area contributed by atoms with Gasteiger partial charge in [-0.25, -0.2) is 8.42 Å². The average molecular weight is 220 g/mol. The minimum Gasteiger partial charge on any atom is -0.258 e. The Morgan fingerprint density at radius 3 is 2.43 bits per heavy atom.